The first-order valence-electron chi connectivity index (χ1n) is 10.6. The molecule has 4 heterocycles. The zero-order chi connectivity index (χ0) is 21.0. The van der Waals surface area contributed by atoms with Crippen LogP contribution in [0.3, 0.4) is 0 Å². The number of aryl methyl sites for hydroxylation is 2. The van der Waals surface area contributed by atoms with E-state index in [4.69, 9.17) is 0 Å². The molecule has 1 aliphatic rings. The van der Waals surface area contributed by atoms with Gasteiger partial charge in [0.2, 0.25) is 0 Å². The van der Waals surface area contributed by atoms with Crippen LogP contribution in [-0.4, -0.2) is 49.0 Å². The number of rotatable bonds is 3. The van der Waals surface area contributed by atoms with Crippen molar-refractivity contribution in [3.63, 3.8) is 0 Å². The highest BCUT2D eigenvalue weighted by atomic mass is 19.1. The van der Waals surface area contributed by atoms with Gasteiger partial charge in [0.1, 0.15) is 0 Å². The molecule has 0 saturated heterocycles. The first-order chi connectivity index (χ1) is 14.4. The Morgan fingerprint density at radius 3 is 2.47 bits per heavy atom. The van der Waals surface area contributed by atoms with Gasteiger partial charge in [-0.2, -0.15) is 5.10 Å². The molecule has 30 heavy (non-hydrogen) atoms. The zero-order valence-electron chi connectivity index (χ0n) is 17.9. The topological polar surface area (TPSA) is 50.7 Å². The number of aromatic nitrogens is 5. The number of imidazole rings is 2. The number of nitrogens with zero attached hydrogens (tertiary/aromatic N) is 6. The molecular formula is C23H27FN6. The average molecular weight is 407 g/mol. The van der Waals surface area contributed by atoms with Crippen molar-refractivity contribution in [3.05, 3.63) is 53.5 Å². The minimum Gasteiger partial charge on any atom is -0.306 e. The molecule has 0 aromatic carbocycles. The molecule has 0 amide bonds. The molecule has 0 atom stereocenters. The van der Waals surface area contributed by atoms with Crippen molar-refractivity contribution in [1.82, 2.24) is 28.9 Å². The van der Waals surface area contributed by atoms with Crippen LogP contribution in [0.4, 0.5) is 4.39 Å². The molecule has 0 N–H and O–H groups in total. The van der Waals surface area contributed by atoms with Gasteiger partial charge in [0.15, 0.2) is 17.1 Å². The van der Waals surface area contributed by atoms with Gasteiger partial charge in [0, 0.05) is 29.9 Å². The van der Waals surface area contributed by atoms with Crippen molar-refractivity contribution in [2.45, 2.75) is 51.5 Å². The van der Waals surface area contributed by atoms with Gasteiger partial charge < -0.3 is 9.30 Å². The Hall–Kier alpha value is -2.80. The molecule has 0 unspecified atom stereocenters. The molecule has 4 aromatic heterocycles. The van der Waals surface area contributed by atoms with E-state index in [0.717, 1.165) is 59.5 Å². The molecular weight excluding hydrogens is 379 g/mol. The second kappa shape index (κ2) is 7.16. The van der Waals surface area contributed by atoms with Gasteiger partial charge in [0.25, 0.3) is 0 Å². The summed E-state index contributed by atoms with van der Waals surface area (Å²) < 4.78 is 18.5. The quantitative estimate of drug-likeness (QED) is 0.506. The molecule has 0 bridgehead atoms. The van der Waals surface area contributed by atoms with E-state index in [1.54, 1.807) is 4.52 Å². The number of hydrogen-bond donors (Lipinski definition) is 0. The Kier molecular flexibility index (Phi) is 4.58. The first-order valence-corrected chi connectivity index (χ1v) is 10.6. The molecule has 0 aliphatic heterocycles. The van der Waals surface area contributed by atoms with Crippen molar-refractivity contribution >= 4 is 11.3 Å². The lowest BCUT2D eigenvalue weighted by molar-refractivity contribution is 0.215. The fourth-order valence-electron chi connectivity index (χ4n) is 4.69. The summed E-state index contributed by atoms with van der Waals surface area (Å²) in [4.78, 5) is 11.4. The van der Waals surface area contributed by atoms with Crippen molar-refractivity contribution in [2.75, 3.05) is 14.1 Å². The molecule has 6 nitrogen and oxygen atoms in total. The molecule has 1 saturated carbocycles. The van der Waals surface area contributed by atoms with Crippen LogP contribution in [0.5, 0.6) is 0 Å². The zero-order valence-corrected chi connectivity index (χ0v) is 17.9. The van der Waals surface area contributed by atoms with E-state index in [1.165, 1.54) is 6.07 Å². The second-order valence-electron chi connectivity index (χ2n) is 8.81. The maximum atomic E-state index is 15.0. The van der Waals surface area contributed by atoms with Gasteiger partial charge in [-0.3, -0.25) is 0 Å². The maximum Gasteiger partial charge on any atom is 0.173 e. The van der Waals surface area contributed by atoms with Crippen LogP contribution in [0.2, 0.25) is 0 Å². The van der Waals surface area contributed by atoms with Crippen molar-refractivity contribution in [2.24, 2.45) is 0 Å². The van der Waals surface area contributed by atoms with Gasteiger partial charge in [-0.1, -0.05) is 0 Å². The number of hydrogen-bond acceptors (Lipinski definition) is 4. The van der Waals surface area contributed by atoms with E-state index in [1.807, 2.05) is 42.9 Å². The number of halogens is 1. The maximum absolute atomic E-state index is 15.0. The summed E-state index contributed by atoms with van der Waals surface area (Å²) in [6, 6.07) is 4.13. The van der Waals surface area contributed by atoms with Crippen LogP contribution in [0.25, 0.3) is 22.6 Å². The van der Waals surface area contributed by atoms with Crippen LogP contribution >= 0.6 is 0 Å². The summed E-state index contributed by atoms with van der Waals surface area (Å²) in [5, 5.41) is 4.65. The van der Waals surface area contributed by atoms with E-state index >= 15 is 0 Å². The smallest absolute Gasteiger partial charge is 0.173 e. The van der Waals surface area contributed by atoms with Gasteiger partial charge in [-0.05, 0) is 71.3 Å². The Labute approximate surface area is 175 Å². The molecule has 0 spiro atoms. The minimum atomic E-state index is -0.318. The third-order valence-corrected chi connectivity index (χ3v) is 6.40. The molecule has 4 aromatic rings. The van der Waals surface area contributed by atoms with E-state index in [-0.39, 0.29) is 5.82 Å². The Morgan fingerprint density at radius 1 is 0.967 bits per heavy atom. The molecule has 7 heteroatoms. The third kappa shape index (κ3) is 3.27. The summed E-state index contributed by atoms with van der Waals surface area (Å²) in [7, 11) is 4.29. The van der Waals surface area contributed by atoms with E-state index in [9.17, 15) is 4.39 Å². The number of pyridine rings is 1. The van der Waals surface area contributed by atoms with Crippen LogP contribution in [-0.2, 0) is 0 Å². The highest BCUT2D eigenvalue weighted by Gasteiger charge is 2.25. The van der Waals surface area contributed by atoms with Crippen molar-refractivity contribution in [3.8, 4) is 11.3 Å². The summed E-state index contributed by atoms with van der Waals surface area (Å²) in [6.07, 6.45) is 10.3. The predicted molar refractivity (Wildman–Crippen MR) is 115 cm³/mol. The third-order valence-electron chi connectivity index (χ3n) is 6.40. The lowest BCUT2D eigenvalue weighted by Crippen LogP contribution is -2.31. The van der Waals surface area contributed by atoms with Gasteiger partial charge in [-0.25, -0.2) is 18.9 Å². The monoisotopic (exact) mass is 406 g/mol. The van der Waals surface area contributed by atoms with Gasteiger partial charge >= 0.3 is 0 Å². The van der Waals surface area contributed by atoms with E-state index < -0.39 is 0 Å². The molecule has 0 radical (unpaired) electrons. The average Bonchev–Trinajstić information content (AvgIpc) is 3.31. The Bertz CT molecular complexity index is 1230. The van der Waals surface area contributed by atoms with E-state index in [2.05, 4.69) is 34.1 Å². The molecule has 1 aliphatic carbocycles. The largest absolute Gasteiger partial charge is 0.306 e. The predicted octanol–water partition coefficient (Wildman–Crippen LogP) is 4.39. The first kappa shape index (κ1) is 19.2. The summed E-state index contributed by atoms with van der Waals surface area (Å²) >= 11 is 0. The normalized spacial score (nSPS) is 19.9. The second-order valence-corrected chi connectivity index (χ2v) is 8.81. The van der Waals surface area contributed by atoms with Crippen LogP contribution in [0.15, 0.2) is 30.7 Å². The summed E-state index contributed by atoms with van der Waals surface area (Å²) in [5.74, 6) is 0.0803. The Morgan fingerprint density at radius 2 is 1.73 bits per heavy atom. The fourth-order valence-corrected chi connectivity index (χ4v) is 4.69. The van der Waals surface area contributed by atoms with Crippen LogP contribution in [0.1, 0.15) is 48.6 Å². The minimum absolute atomic E-state index is 0.318. The highest BCUT2D eigenvalue weighted by molar-refractivity contribution is 5.64. The summed E-state index contributed by atoms with van der Waals surface area (Å²) in [6.45, 7) is 3.94. The lowest BCUT2D eigenvalue weighted by atomic mass is 9.84. The highest BCUT2D eigenvalue weighted by Crippen LogP contribution is 2.34. The Balaban J connectivity index is 1.50. The molecule has 1 fully saturated rings. The van der Waals surface area contributed by atoms with Crippen molar-refractivity contribution < 1.29 is 4.39 Å². The van der Waals surface area contributed by atoms with Gasteiger partial charge in [-0.15, -0.1) is 0 Å². The molecule has 156 valence electrons. The fraction of sp³-hybridized carbons (Fsp3) is 0.435. The van der Waals surface area contributed by atoms with Crippen LogP contribution < -0.4 is 0 Å². The lowest BCUT2D eigenvalue weighted by Gasteiger charge is -2.31. The standard InChI is InChI=1S/C23H27FN6/c1-14-9-20(27-30-11-15(2)25-22(14)30)17-10-19(24)23-26-21(13-29(23)12-17)16-5-7-18(8-6-16)28(3)4/h9-13,16,18H,5-8H2,1-4H3. The summed E-state index contributed by atoms with van der Waals surface area (Å²) in [5.41, 5.74) is 5.59. The van der Waals surface area contributed by atoms with Crippen molar-refractivity contribution in [1.29, 1.82) is 0 Å². The molecule has 5 rings (SSSR count). The van der Waals surface area contributed by atoms with Crippen LogP contribution in [0, 0.1) is 19.7 Å². The van der Waals surface area contributed by atoms with E-state index in [0.29, 0.717) is 17.6 Å². The SMILES string of the molecule is Cc1cn2nc(-c3cc(F)c4nc(C5CCC(N(C)C)CC5)cn4c3)cc(C)c2n1. The number of fused-ring (bicyclic) bond motifs is 2. The van der Waals surface area contributed by atoms with Gasteiger partial charge in [0.05, 0.1) is 23.3 Å².